The molecule has 9 heteroatoms. The van der Waals surface area contributed by atoms with E-state index in [1.54, 1.807) is 18.2 Å². The Hall–Kier alpha value is -3.43. The first-order valence-electron chi connectivity index (χ1n) is 11.4. The highest BCUT2D eigenvalue weighted by Gasteiger charge is 2.21. The lowest BCUT2D eigenvalue weighted by Crippen LogP contribution is -2.33. The Kier molecular flexibility index (Phi) is 7.67. The van der Waals surface area contributed by atoms with Gasteiger partial charge in [0.25, 0.3) is 0 Å². The van der Waals surface area contributed by atoms with E-state index in [1.165, 1.54) is 24.3 Å². The van der Waals surface area contributed by atoms with Crippen molar-refractivity contribution >= 4 is 15.9 Å². The summed E-state index contributed by atoms with van der Waals surface area (Å²) >= 11 is 0. The monoisotopic (exact) mass is 498 g/mol. The molecule has 1 amide bonds. The van der Waals surface area contributed by atoms with Crippen molar-refractivity contribution in [3.05, 3.63) is 89.2 Å². The minimum absolute atomic E-state index is 0.0239. The zero-order valence-electron chi connectivity index (χ0n) is 19.3. The summed E-state index contributed by atoms with van der Waals surface area (Å²) in [7, 11) is -3.85. The lowest BCUT2D eigenvalue weighted by molar-refractivity contribution is -0.121. The topological polar surface area (TPSA) is 93.7 Å². The molecule has 1 aliphatic rings. The van der Waals surface area contributed by atoms with Crippen molar-refractivity contribution < 1.29 is 27.1 Å². The zero-order chi connectivity index (χ0) is 24.8. The minimum Gasteiger partial charge on any atom is -0.486 e. The molecule has 35 heavy (non-hydrogen) atoms. The first kappa shape index (κ1) is 24.7. The lowest BCUT2D eigenvalue weighted by atomic mass is 9.97. The fourth-order valence-electron chi connectivity index (χ4n) is 3.80. The number of rotatable bonds is 9. The summed E-state index contributed by atoms with van der Waals surface area (Å²) in [6.07, 6.45) is 0.781. The Morgan fingerprint density at radius 3 is 2.43 bits per heavy atom. The van der Waals surface area contributed by atoms with Crippen LogP contribution < -0.4 is 19.5 Å². The van der Waals surface area contributed by atoms with Crippen molar-refractivity contribution in [2.75, 3.05) is 19.8 Å². The van der Waals surface area contributed by atoms with E-state index in [9.17, 15) is 17.6 Å². The Bertz CT molecular complexity index is 1300. The molecule has 0 bridgehead atoms. The van der Waals surface area contributed by atoms with Gasteiger partial charge in [-0.3, -0.25) is 4.79 Å². The van der Waals surface area contributed by atoms with Crippen molar-refractivity contribution in [3.8, 4) is 11.5 Å². The van der Waals surface area contributed by atoms with Crippen molar-refractivity contribution in [1.29, 1.82) is 0 Å². The van der Waals surface area contributed by atoms with E-state index < -0.39 is 21.9 Å². The van der Waals surface area contributed by atoms with Gasteiger partial charge in [0.05, 0.1) is 10.9 Å². The molecule has 0 saturated heterocycles. The standard InChI is InChI=1S/C26H27FN2O5S/c1-2-18-6-8-19(9-7-18)26(20-4-3-5-21(27)16-20)29-25(30)12-13-28-35(31,32)22-10-11-23-24(17-22)34-15-14-33-23/h3-11,16-17,26,28H,2,12-15H2,1H3,(H,29,30). The molecule has 184 valence electrons. The van der Waals surface area contributed by atoms with Crippen LogP contribution in [0.5, 0.6) is 11.5 Å². The number of nitrogens with one attached hydrogen (secondary N) is 2. The minimum atomic E-state index is -3.85. The molecule has 0 aromatic heterocycles. The Labute approximate surface area is 204 Å². The van der Waals surface area contributed by atoms with Gasteiger partial charge in [-0.2, -0.15) is 0 Å². The van der Waals surface area contributed by atoms with Crippen LogP contribution >= 0.6 is 0 Å². The lowest BCUT2D eigenvalue weighted by Gasteiger charge is -2.21. The summed E-state index contributed by atoms with van der Waals surface area (Å²) in [4.78, 5) is 12.8. The average molecular weight is 499 g/mol. The van der Waals surface area contributed by atoms with Crippen LogP contribution in [0.4, 0.5) is 4.39 Å². The number of halogens is 1. The molecule has 7 nitrogen and oxygen atoms in total. The van der Waals surface area contributed by atoms with Gasteiger partial charge in [0, 0.05) is 19.0 Å². The van der Waals surface area contributed by atoms with Crippen LogP contribution in [0, 0.1) is 5.82 Å². The maximum atomic E-state index is 13.9. The van der Waals surface area contributed by atoms with E-state index in [-0.39, 0.29) is 23.8 Å². The molecule has 1 aliphatic heterocycles. The number of hydrogen-bond acceptors (Lipinski definition) is 5. The molecule has 0 spiro atoms. The molecule has 2 N–H and O–H groups in total. The first-order chi connectivity index (χ1) is 16.9. The Morgan fingerprint density at radius 1 is 0.971 bits per heavy atom. The molecule has 1 unspecified atom stereocenters. The number of benzene rings is 3. The number of aryl methyl sites for hydroxylation is 1. The van der Waals surface area contributed by atoms with Crippen LogP contribution in [0.15, 0.2) is 71.6 Å². The molecule has 1 heterocycles. The summed E-state index contributed by atoms with van der Waals surface area (Å²) in [6.45, 7) is 2.70. The highest BCUT2D eigenvalue weighted by Crippen LogP contribution is 2.32. The van der Waals surface area contributed by atoms with Crippen LogP contribution in [-0.4, -0.2) is 34.1 Å². The van der Waals surface area contributed by atoms with Crippen molar-refractivity contribution in [1.82, 2.24) is 10.0 Å². The molecule has 0 fully saturated rings. The Balaban J connectivity index is 1.42. The Morgan fingerprint density at radius 2 is 1.71 bits per heavy atom. The average Bonchev–Trinajstić information content (AvgIpc) is 2.87. The van der Waals surface area contributed by atoms with Gasteiger partial charge in [0.2, 0.25) is 15.9 Å². The quantitative estimate of drug-likeness (QED) is 0.469. The van der Waals surface area contributed by atoms with Crippen LogP contribution in [0.25, 0.3) is 0 Å². The normalized spacial score (nSPS) is 13.8. The molecular weight excluding hydrogens is 471 g/mol. The third-order valence-corrected chi connectivity index (χ3v) is 7.14. The SMILES string of the molecule is CCc1ccc(C(NC(=O)CCNS(=O)(=O)c2ccc3c(c2)OCCO3)c2cccc(F)c2)cc1. The number of fused-ring (bicyclic) bond motifs is 1. The van der Waals surface area contributed by atoms with Gasteiger partial charge < -0.3 is 14.8 Å². The van der Waals surface area contributed by atoms with Gasteiger partial charge in [-0.25, -0.2) is 17.5 Å². The van der Waals surface area contributed by atoms with Crippen molar-refractivity contribution in [3.63, 3.8) is 0 Å². The van der Waals surface area contributed by atoms with Gasteiger partial charge in [0.15, 0.2) is 11.5 Å². The highest BCUT2D eigenvalue weighted by atomic mass is 32.2. The molecule has 0 saturated carbocycles. The van der Waals surface area contributed by atoms with Gasteiger partial charge >= 0.3 is 0 Å². The summed E-state index contributed by atoms with van der Waals surface area (Å²) < 4.78 is 52.6. The van der Waals surface area contributed by atoms with Crippen LogP contribution in [0.1, 0.15) is 36.1 Å². The maximum Gasteiger partial charge on any atom is 0.240 e. The number of amides is 1. The summed E-state index contributed by atoms with van der Waals surface area (Å²) in [5, 5.41) is 2.90. The zero-order valence-corrected chi connectivity index (χ0v) is 20.1. The summed E-state index contributed by atoms with van der Waals surface area (Å²) in [5.74, 6) is 0.0802. The van der Waals surface area contributed by atoms with Crippen molar-refractivity contribution in [2.45, 2.75) is 30.7 Å². The number of hydrogen-bond donors (Lipinski definition) is 2. The summed E-state index contributed by atoms with van der Waals surface area (Å²) in [6, 6.07) is 17.6. The smallest absolute Gasteiger partial charge is 0.240 e. The second-order valence-electron chi connectivity index (χ2n) is 8.10. The highest BCUT2D eigenvalue weighted by molar-refractivity contribution is 7.89. The first-order valence-corrected chi connectivity index (χ1v) is 12.9. The number of carbonyl (C=O) groups excluding carboxylic acids is 1. The fraction of sp³-hybridized carbons (Fsp3) is 0.269. The maximum absolute atomic E-state index is 13.9. The molecule has 3 aromatic rings. The van der Waals surface area contributed by atoms with Crippen LogP contribution in [0.3, 0.4) is 0 Å². The predicted octanol–water partition coefficient (Wildman–Crippen LogP) is 3.73. The van der Waals surface area contributed by atoms with Gasteiger partial charge in [-0.1, -0.05) is 43.3 Å². The predicted molar refractivity (Wildman–Crippen MR) is 129 cm³/mol. The van der Waals surface area contributed by atoms with E-state index in [0.29, 0.717) is 30.3 Å². The molecule has 0 radical (unpaired) electrons. The molecule has 3 aromatic carbocycles. The number of ether oxygens (including phenoxy) is 2. The largest absolute Gasteiger partial charge is 0.486 e. The van der Waals surface area contributed by atoms with Gasteiger partial charge in [0.1, 0.15) is 19.0 Å². The molecule has 0 aliphatic carbocycles. The van der Waals surface area contributed by atoms with E-state index in [1.807, 2.05) is 31.2 Å². The van der Waals surface area contributed by atoms with Crippen LogP contribution in [-0.2, 0) is 21.2 Å². The van der Waals surface area contributed by atoms with E-state index in [0.717, 1.165) is 17.5 Å². The molecule has 1 atom stereocenters. The van der Waals surface area contributed by atoms with Gasteiger partial charge in [-0.05, 0) is 47.4 Å². The van der Waals surface area contributed by atoms with Crippen LogP contribution in [0.2, 0.25) is 0 Å². The third-order valence-electron chi connectivity index (χ3n) is 5.68. The molecule has 4 rings (SSSR count). The van der Waals surface area contributed by atoms with Crippen molar-refractivity contribution in [2.24, 2.45) is 0 Å². The second kappa shape index (κ2) is 10.9. The number of carbonyl (C=O) groups is 1. The van der Waals surface area contributed by atoms with E-state index >= 15 is 0 Å². The number of sulfonamides is 1. The van der Waals surface area contributed by atoms with E-state index in [4.69, 9.17) is 9.47 Å². The molecular formula is C26H27FN2O5S. The van der Waals surface area contributed by atoms with E-state index in [2.05, 4.69) is 10.0 Å². The second-order valence-corrected chi connectivity index (χ2v) is 9.87. The third kappa shape index (κ3) is 6.17. The summed E-state index contributed by atoms with van der Waals surface area (Å²) in [5.41, 5.74) is 2.55. The fourth-order valence-corrected chi connectivity index (χ4v) is 4.84. The van der Waals surface area contributed by atoms with Gasteiger partial charge in [-0.15, -0.1) is 0 Å².